The molecule has 0 bridgehead atoms. The quantitative estimate of drug-likeness (QED) is 0.837. The molecule has 2 aliphatic heterocycles. The molecule has 0 unspecified atom stereocenters. The predicted octanol–water partition coefficient (Wildman–Crippen LogP) is 2.60. The lowest BCUT2D eigenvalue weighted by molar-refractivity contribution is -0.00671. The van der Waals surface area contributed by atoms with Gasteiger partial charge in [-0.05, 0) is 58.7 Å². The minimum atomic E-state index is -0.0267. The normalized spacial score (nSPS) is 20.1. The summed E-state index contributed by atoms with van der Waals surface area (Å²) >= 11 is 0. The van der Waals surface area contributed by atoms with Gasteiger partial charge < -0.3 is 15.0 Å². The first-order valence-electron chi connectivity index (χ1n) is 10.9. The molecular formula is C22H33N5O2. The Morgan fingerprint density at radius 2 is 1.93 bits per heavy atom. The van der Waals surface area contributed by atoms with Gasteiger partial charge >= 0.3 is 0 Å². The van der Waals surface area contributed by atoms with Crippen LogP contribution in [0.15, 0.2) is 6.07 Å². The highest BCUT2D eigenvalue weighted by Gasteiger charge is 2.35. The fourth-order valence-electron chi connectivity index (χ4n) is 4.90. The van der Waals surface area contributed by atoms with Crippen molar-refractivity contribution in [2.45, 2.75) is 46.0 Å². The smallest absolute Gasteiger partial charge is 0.252 e. The van der Waals surface area contributed by atoms with Crippen LogP contribution in [0, 0.1) is 19.3 Å². The number of ether oxygens (including phenoxy) is 1. The zero-order valence-corrected chi connectivity index (χ0v) is 18.0. The van der Waals surface area contributed by atoms with Crippen LogP contribution in [0.4, 0.5) is 0 Å². The summed E-state index contributed by atoms with van der Waals surface area (Å²) in [5.41, 5.74) is 3.21. The second-order valence-electron chi connectivity index (χ2n) is 8.85. The summed E-state index contributed by atoms with van der Waals surface area (Å²) < 4.78 is 7.40. The fourth-order valence-corrected chi connectivity index (χ4v) is 4.90. The number of likely N-dealkylation sites (tertiary alicyclic amines) is 1. The van der Waals surface area contributed by atoms with E-state index in [0.29, 0.717) is 12.1 Å². The average molecular weight is 400 g/mol. The predicted molar refractivity (Wildman–Crippen MR) is 113 cm³/mol. The Morgan fingerprint density at radius 3 is 2.66 bits per heavy atom. The highest BCUT2D eigenvalue weighted by atomic mass is 16.5. The molecule has 0 saturated carbocycles. The van der Waals surface area contributed by atoms with Gasteiger partial charge in [-0.2, -0.15) is 5.10 Å². The Morgan fingerprint density at radius 1 is 1.21 bits per heavy atom. The number of nitrogens with one attached hydrogen (secondary N) is 1. The van der Waals surface area contributed by atoms with Gasteiger partial charge in [-0.1, -0.05) is 6.42 Å². The number of fused-ring (bicyclic) bond motifs is 1. The van der Waals surface area contributed by atoms with E-state index in [9.17, 15) is 4.79 Å². The SMILES string of the molecule is Cc1cc(C(=O)NCC2(CN3CCCCC3)CCOCC2)c2c(C)nn(C)c2n1. The number of aryl methyl sites for hydroxylation is 3. The van der Waals surface area contributed by atoms with E-state index in [0.717, 1.165) is 55.0 Å². The minimum absolute atomic E-state index is 0.0267. The van der Waals surface area contributed by atoms with E-state index in [-0.39, 0.29) is 11.3 Å². The third kappa shape index (κ3) is 4.31. The third-order valence-electron chi connectivity index (χ3n) is 6.53. The van der Waals surface area contributed by atoms with Crippen LogP contribution in [0.2, 0.25) is 0 Å². The maximum Gasteiger partial charge on any atom is 0.252 e. The van der Waals surface area contributed by atoms with Crippen LogP contribution in [0.5, 0.6) is 0 Å². The van der Waals surface area contributed by atoms with E-state index < -0.39 is 0 Å². The number of carbonyl (C=O) groups excluding carboxylic acids is 1. The molecule has 2 aromatic rings. The van der Waals surface area contributed by atoms with E-state index in [2.05, 4.69) is 20.3 Å². The third-order valence-corrected chi connectivity index (χ3v) is 6.53. The molecule has 0 aromatic carbocycles. The Hall–Kier alpha value is -1.99. The Kier molecular flexibility index (Phi) is 5.88. The molecule has 2 saturated heterocycles. The molecule has 2 aliphatic rings. The van der Waals surface area contributed by atoms with Crippen molar-refractivity contribution < 1.29 is 9.53 Å². The zero-order chi connectivity index (χ0) is 20.4. The van der Waals surface area contributed by atoms with Crippen molar-refractivity contribution in [3.8, 4) is 0 Å². The molecule has 1 N–H and O–H groups in total. The molecule has 7 nitrogen and oxygen atoms in total. The van der Waals surface area contributed by atoms with Crippen LogP contribution in [0.25, 0.3) is 11.0 Å². The zero-order valence-electron chi connectivity index (χ0n) is 18.0. The van der Waals surface area contributed by atoms with Crippen LogP contribution in [-0.4, -0.2) is 65.0 Å². The lowest BCUT2D eigenvalue weighted by atomic mass is 9.79. The first kappa shape index (κ1) is 20.3. The van der Waals surface area contributed by atoms with Crippen molar-refractivity contribution in [2.24, 2.45) is 12.5 Å². The van der Waals surface area contributed by atoms with Crippen molar-refractivity contribution in [2.75, 3.05) is 39.4 Å². The van der Waals surface area contributed by atoms with Crippen molar-refractivity contribution in [1.82, 2.24) is 25.0 Å². The lowest BCUT2D eigenvalue weighted by Gasteiger charge is -2.42. The van der Waals surface area contributed by atoms with Gasteiger partial charge in [0.1, 0.15) is 0 Å². The summed E-state index contributed by atoms with van der Waals surface area (Å²) in [7, 11) is 1.87. The topological polar surface area (TPSA) is 72.3 Å². The van der Waals surface area contributed by atoms with E-state index in [1.807, 2.05) is 27.0 Å². The minimum Gasteiger partial charge on any atom is -0.381 e. The van der Waals surface area contributed by atoms with Crippen LogP contribution in [0.3, 0.4) is 0 Å². The van der Waals surface area contributed by atoms with E-state index in [4.69, 9.17) is 4.74 Å². The second-order valence-corrected chi connectivity index (χ2v) is 8.85. The molecule has 0 aliphatic carbocycles. The van der Waals surface area contributed by atoms with Crippen LogP contribution in [-0.2, 0) is 11.8 Å². The first-order chi connectivity index (χ1) is 14.0. The number of rotatable bonds is 5. The largest absolute Gasteiger partial charge is 0.381 e. The molecule has 7 heteroatoms. The van der Waals surface area contributed by atoms with Crippen molar-refractivity contribution in [3.05, 3.63) is 23.0 Å². The lowest BCUT2D eigenvalue weighted by Crippen LogP contribution is -2.49. The maximum atomic E-state index is 13.2. The highest BCUT2D eigenvalue weighted by Crippen LogP contribution is 2.32. The standard InChI is InChI=1S/C22H33N5O2/c1-16-13-18(19-17(2)25-26(3)20(19)24-16)21(28)23-14-22(7-11-29-12-8-22)15-27-9-5-4-6-10-27/h13H,4-12,14-15H2,1-3H3,(H,23,28). The van der Waals surface area contributed by atoms with E-state index >= 15 is 0 Å². The summed E-state index contributed by atoms with van der Waals surface area (Å²) in [6, 6.07) is 1.88. The van der Waals surface area contributed by atoms with Gasteiger partial charge in [-0.15, -0.1) is 0 Å². The van der Waals surface area contributed by atoms with Gasteiger partial charge in [0.05, 0.1) is 16.6 Å². The van der Waals surface area contributed by atoms with Crippen LogP contribution < -0.4 is 5.32 Å². The van der Waals surface area contributed by atoms with Gasteiger partial charge in [0.2, 0.25) is 0 Å². The summed E-state index contributed by atoms with van der Waals surface area (Å²) in [5, 5.41) is 8.59. The van der Waals surface area contributed by atoms with Gasteiger partial charge in [-0.3, -0.25) is 9.48 Å². The van der Waals surface area contributed by atoms with Gasteiger partial charge in [0.25, 0.3) is 5.91 Å². The molecule has 2 aromatic heterocycles. The first-order valence-corrected chi connectivity index (χ1v) is 10.9. The fraction of sp³-hybridized carbons (Fsp3) is 0.682. The number of hydrogen-bond acceptors (Lipinski definition) is 5. The van der Waals surface area contributed by atoms with Crippen molar-refractivity contribution >= 4 is 16.9 Å². The Balaban J connectivity index is 1.53. The summed E-state index contributed by atoms with van der Waals surface area (Å²) in [5.74, 6) is -0.0267. The Labute approximate surface area is 172 Å². The summed E-state index contributed by atoms with van der Waals surface area (Å²) in [6.45, 7) is 9.52. The molecule has 1 amide bonds. The number of amides is 1. The molecule has 0 atom stereocenters. The van der Waals surface area contributed by atoms with E-state index in [1.54, 1.807) is 4.68 Å². The Bertz CT molecular complexity index is 879. The van der Waals surface area contributed by atoms with Gasteiger partial charge in [0.15, 0.2) is 5.65 Å². The number of piperidine rings is 1. The summed E-state index contributed by atoms with van der Waals surface area (Å²) in [6.07, 6.45) is 5.91. The van der Waals surface area contributed by atoms with Gasteiger partial charge in [-0.25, -0.2) is 4.98 Å². The second kappa shape index (κ2) is 8.40. The monoisotopic (exact) mass is 399 g/mol. The average Bonchev–Trinajstić information content (AvgIpc) is 3.00. The molecule has 158 valence electrons. The molecule has 4 heterocycles. The van der Waals surface area contributed by atoms with E-state index in [1.165, 1.54) is 32.4 Å². The maximum absolute atomic E-state index is 13.2. The number of pyridine rings is 1. The molecule has 0 radical (unpaired) electrons. The number of hydrogen-bond donors (Lipinski definition) is 1. The van der Waals surface area contributed by atoms with Crippen LogP contribution >= 0.6 is 0 Å². The molecule has 0 spiro atoms. The summed E-state index contributed by atoms with van der Waals surface area (Å²) in [4.78, 5) is 20.4. The molecular weight excluding hydrogens is 366 g/mol. The molecule has 29 heavy (non-hydrogen) atoms. The highest BCUT2D eigenvalue weighted by molar-refractivity contribution is 6.06. The van der Waals surface area contributed by atoms with Crippen molar-refractivity contribution in [3.63, 3.8) is 0 Å². The number of carbonyl (C=O) groups is 1. The van der Waals surface area contributed by atoms with Gasteiger partial charge in [0, 0.05) is 44.5 Å². The number of nitrogens with zero attached hydrogens (tertiary/aromatic N) is 4. The molecule has 4 rings (SSSR count). The van der Waals surface area contributed by atoms with Crippen molar-refractivity contribution in [1.29, 1.82) is 0 Å². The molecule has 2 fully saturated rings. The number of aromatic nitrogens is 3. The van der Waals surface area contributed by atoms with Crippen LogP contribution in [0.1, 0.15) is 53.8 Å².